The van der Waals surface area contributed by atoms with Crippen molar-refractivity contribution in [2.75, 3.05) is 0 Å². The summed E-state index contributed by atoms with van der Waals surface area (Å²) in [7, 11) is 0. The molecular formula is C50H46N2. The third kappa shape index (κ3) is 8.73. The number of nitrogens with zero attached hydrogens (tertiary/aromatic N) is 2. The maximum absolute atomic E-state index is 8.94. The largest absolute Gasteiger partial charge is 0.237 e. The molecule has 2 heteroatoms. The molecule has 0 aliphatic heterocycles. The molecule has 0 N–H and O–H groups in total. The second-order valence-corrected chi connectivity index (χ2v) is 13.7. The average molecular weight is 675 g/mol. The number of benzene rings is 8. The topological polar surface area (TPSA) is 28.1 Å². The predicted molar refractivity (Wildman–Crippen MR) is 225 cm³/mol. The Kier molecular flexibility index (Phi) is 11.9. The molecule has 0 amide bonds. The zero-order chi connectivity index (χ0) is 37.4. The molecular weight excluding hydrogens is 629 g/mol. The summed E-state index contributed by atoms with van der Waals surface area (Å²) in [6, 6.07) is 48.6. The van der Waals surface area contributed by atoms with E-state index in [2.05, 4.69) is 174 Å². The van der Waals surface area contributed by atoms with E-state index in [9.17, 15) is 0 Å². The summed E-state index contributed by atoms with van der Waals surface area (Å²) in [6.07, 6.45) is 0. The van der Waals surface area contributed by atoms with Crippen LogP contribution in [0.5, 0.6) is 0 Å². The zero-order valence-electron chi connectivity index (χ0n) is 31.6. The Morgan fingerprint density at radius 2 is 0.808 bits per heavy atom. The minimum atomic E-state index is 0.429. The number of hydrogen-bond donors (Lipinski definition) is 0. The standard InChI is InChI=1S/C14H10N2.3C12H12/c1-9-4-11-6-13(8-15)14(16-3)7-12(11)5-10(9)2;1-9-3-5-12-8-10(2)4-6-11(12)7-9;1-9-5-3-8-12-10(2)6-4-7-11(9)12;1-9-7-8-10(2)12-6-4-3-5-11(9)12/h4-7H,1-2H3;3*3-8H,1-2H3. The van der Waals surface area contributed by atoms with Crippen LogP contribution < -0.4 is 0 Å². The van der Waals surface area contributed by atoms with E-state index in [-0.39, 0.29) is 0 Å². The van der Waals surface area contributed by atoms with Crippen LogP contribution in [-0.4, -0.2) is 0 Å². The van der Waals surface area contributed by atoms with Crippen LogP contribution in [0, 0.1) is 73.3 Å². The SMILES string of the molecule is Cc1ccc(C)c2ccccc12.Cc1ccc2cc(C)ccc2c1.Cc1cccc2c(C)cccc12.[C-]#[N+]c1cc2cc(C)c(C)cc2cc1C#N. The van der Waals surface area contributed by atoms with Crippen molar-refractivity contribution >= 4 is 48.8 Å². The molecule has 0 aromatic heterocycles. The van der Waals surface area contributed by atoms with Crippen molar-refractivity contribution in [3.63, 3.8) is 0 Å². The van der Waals surface area contributed by atoms with Crippen LogP contribution in [0.25, 0.3) is 47.9 Å². The smallest absolute Gasteiger partial charge is 0.205 e. The Labute approximate surface area is 309 Å². The quantitative estimate of drug-likeness (QED) is 0.147. The summed E-state index contributed by atoms with van der Waals surface area (Å²) in [4.78, 5) is 3.37. The molecule has 2 nitrogen and oxygen atoms in total. The summed E-state index contributed by atoms with van der Waals surface area (Å²) in [5.74, 6) is 0. The van der Waals surface area contributed by atoms with E-state index in [0.29, 0.717) is 11.3 Å². The maximum atomic E-state index is 8.94. The first-order valence-corrected chi connectivity index (χ1v) is 17.7. The van der Waals surface area contributed by atoms with Gasteiger partial charge in [0, 0.05) is 0 Å². The van der Waals surface area contributed by atoms with Crippen molar-refractivity contribution in [2.24, 2.45) is 0 Å². The van der Waals surface area contributed by atoms with Gasteiger partial charge >= 0.3 is 0 Å². The molecule has 0 saturated heterocycles. The van der Waals surface area contributed by atoms with Gasteiger partial charge in [-0.3, -0.25) is 0 Å². The van der Waals surface area contributed by atoms with E-state index in [0.717, 1.165) is 10.8 Å². The summed E-state index contributed by atoms with van der Waals surface area (Å²) in [5.41, 5.74) is 11.4. The van der Waals surface area contributed by atoms with E-state index in [1.807, 2.05) is 13.8 Å². The molecule has 0 bridgehead atoms. The van der Waals surface area contributed by atoms with Gasteiger partial charge in [-0.15, -0.1) is 0 Å². The lowest BCUT2D eigenvalue weighted by molar-refractivity contribution is 1.36. The second kappa shape index (κ2) is 16.7. The summed E-state index contributed by atoms with van der Waals surface area (Å²) in [5, 5.41) is 19.1. The van der Waals surface area contributed by atoms with Gasteiger partial charge in [0.2, 0.25) is 5.69 Å². The molecule has 8 rings (SSSR count). The van der Waals surface area contributed by atoms with Crippen LogP contribution >= 0.6 is 0 Å². The van der Waals surface area contributed by atoms with Crippen LogP contribution in [0.4, 0.5) is 5.69 Å². The van der Waals surface area contributed by atoms with Crippen molar-refractivity contribution in [3.8, 4) is 6.07 Å². The van der Waals surface area contributed by atoms with Crippen molar-refractivity contribution in [1.82, 2.24) is 0 Å². The fraction of sp³-hybridized carbons (Fsp3) is 0.160. The van der Waals surface area contributed by atoms with E-state index in [4.69, 9.17) is 11.8 Å². The number of aryl methyl sites for hydroxylation is 8. The average Bonchev–Trinajstić information content (AvgIpc) is 3.15. The molecule has 0 heterocycles. The zero-order valence-corrected chi connectivity index (χ0v) is 31.6. The predicted octanol–water partition coefficient (Wildman–Crippen LogP) is 14.2. The molecule has 52 heavy (non-hydrogen) atoms. The molecule has 256 valence electrons. The van der Waals surface area contributed by atoms with Gasteiger partial charge in [-0.25, -0.2) is 4.85 Å². The molecule has 0 unspecified atom stereocenters. The van der Waals surface area contributed by atoms with Gasteiger partial charge in [0.25, 0.3) is 0 Å². The Bertz CT molecular complexity index is 2410. The van der Waals surface area contributed by atoms with E-state index < -0.39 is 0 Å². The van der Waals surface area contributed by atoms with E-state index >= 15 is 0 Å². The normalized spacial score (nSPS) is 10.3. The highest BCUT2D eigenvalue weighted by Crippen LogP contribution is 2.28. The number of nitriles is 1. The fourth-order valence-corrected chi connectivity index (χ4v) is 6.46. The Balaban J connectivity index is 0.000000135. The van der Waals surface area contributed by atoms with Crippen LogP contribution in [0.2, 0.25) is 0 Å². The van der Waals surface area contributed by atoms with Crippen molar-refractivity contribution in [2.45, 2.75) is 55.4 Å². The summed E-state index contributed by atoms with van der Waals surface area (Å²) >= 11 is 0. The van der Waals surface area contributed by atoms with Gasteiger partial charge in [-0.2, -0.15) is 5.26 Å². The molecule has 8 aromatic carbocycles. The second-order valence-electron chi connectivity index (χ2n) is 13.7. The van der Waals surface area contributed by atoms with Gasteiger partial charge in [-0.1, -0.05) is 132 Å². The van der Waals surface area contributed by atoms with Gasteiger partial charge in [0.15, 0.2) is 0 Å². The monoisotopic (exact) mass is 674 g/mol. The lowest BCUT2D eigenvalue weighted by atomic mass is 10.0. The highest BCUT2D eigenvalue weighted by Gasteiger charge is 2.06. The lowest BCUT2D eigenvalue weighted by Crippen LogP contribution is -1.83. The number of fused-ring (bicyclic) bond motifs is 4. The summed E-state index contributed by atoms with van der Waals surface area (Å²) in [6.45, 7) is 24.0. The summed E-state index contributed by atoms with van der Waals surface area (Å²) < 4.78 is 0. The van der Waals surface area contributed by atoms with Gasteiger partial charge in [-0.05, 0) is 144 Å². The number of rotatable bonds is 0. The Morgan fingerprint density at radius 3 is 1.23 bits per heavy atom. The van der Waals surface area contributed by atoms with Gasteiger partial charge in [0.05, 0.1) is 18.2 Å². The third-order valence-electron chi connectivity index (χ3n) is 9.68. The fourth-order valence-electron chi connectivity index (χ4n) is 6.46. The first kappa shape index (κ1) is 37.0. The van der Waals surface area contributed by atoms with Crippen molar-refractivity contribution in [3.05, 3.63) is 195 Å². The van der Waals surface area contributed by atoms with Crippen molar-refractivity contribution in [1.29, 1.82) is 5.26 Å². The van der Waals surface area contributed by atoms with Gasteiger partial charge < -0.3 is 0 Å². The molecule has 8 aromatic rings. The van der Waals surface area contributed by atoms with Gasteiger partial charge in [0.1, 0.15) is 0 Å². The molecule has 0 fully saturated rings. The molecule has 0 radical (unpaired) electrons. The minimum Gasteiger partial charge on any atom is -0.237 e. The molecule has 0 spiro atoms. The van der Waals surface area contributed by atoms with Crippen LogP contribution in [0.3, 0.4) is 0 Å². The van der Waals surface area contributed by atoms with Crippen molar-refractivity contribution < 1.29 is 0 Å². The molecule has 0 saturated carbocycles. The van der Waals surface area contributed by atoms with Crippen LogP contribution in [0.15, 0.2) is 133 Å². The lowest BCUT2D eigenvalue weighted by Gasteiger charge is -2.05. The van der Waals surface area contributed by atoms with E-state index in [1.54, 1.807) is 12.1 Å². The number of hydrogen-bond acceptors (Lipinski definition) is 1. The maximum Gasteiger partial charge on any atom is 0.205 e. The first-order chi connectivity index (χ1) is 25.0. The van der Waals surface area contributed by atoms with Crippen LogP contribution in [0.1, 0.15) is 50.1 Å². The molecule has 0 atom stereocenters. The molecule has 0 aliphatic carbocycles. The highest BCUT2D eigenvalue weighted by atomic mass is 14.6. The first-order valence-electron chi connectivity index (χ1n) is 17.7. The van der Waals surface area contributed by atoms with Crippen LogP contribution in [-0.2, 0) is 0 Å². The minimum absolute atomic E-state index is 0.429. The van der Waals surface area contributed by atoms with E-state index in [1.165, 1.54) is 76.8 Å². The molecule has 0 aliphatic rings. The third-order valence-corrected chi connectivity index (χ3v) is 9.68. The Morgan fingerprint density at radius 1 is 0.404 bits per heavy atom. The highest BCUT2D eigenvalue weighted by molar-refractivity contribution is 5.91. The Hall–Kier alpha value is -6.22.